The molecule has 9 heteroatoms. The van der Waals surface area contributed by atoms with Crippen LogP contribution in [0.25, 0.3) is 10.6 Å². The maximum Gasteiger partial charge on any atom is 0.321 e. The summed E-state index contributed by atoms with van der Waals surface area (Å²) < 4.78 is 27.2. The number of amides is 3. The monoisotopic (exact) mass is 400 g/mol. The van der Waals surface area contributed by atoms with Crippen LogP contribution in [0.3, 0.4) is 0 Å². The zero-order valence-electron chi connectivity index (χ0n) is 14.4. The van der Waals surface area contributed by atoms with Gasteiger partial charge in [0.2, 0.25) is 0 Å². The Labute approximate surface area is 162 Å². The van der Waals surface area contributed by atoms with Crippen LogP contribution in [-0.2, 0) is 0 Å². The molecule has 1 aromatic heterocycles. The number of anilines is 2. The number of benzene rings is 2. The van der Waals surface area contributed by atoms with Gasteiger partial charge in [0.05, 0.1) is 5.69 Å². The fourth-order valence-corrected chi connectivity index (χ4v) is 3.59. The van der Waals surface area contributed by atoms with Crippen LogP contribution in [0.5, 0.6) is 0 Å². The maximum atomic E-state index is 14.2. The second kappa shape index (κ2) is 7.35. The molecule has 1 aliphatic rings. The first-order chi connectivity index (χ1) is 13.5. The Morgan fingerprint density at radius 1 is 1.18 bits per heavy atom. The molecule has 1 saturated heterocycles. The molecule has 0 unspecified atom stereocenters. The molecule has 3 aromatic rings. The van der Waals surface area contributed by atoms with E-state index in [4.69, 9.17) is 0 Å². The number of carbonyl (C=O) groups excluding carboxylic acids is 2. The van der Waals surface area contributed by atoms with E-state index in [9.17, 15) is 18.4 Å². The highest BCUT2D eigenvalue weighted by atomic mass is 32.1. The molecular formula is C19H14F2N4O2S. The molecule has 2 N–H and O–H groups in total. The zero-order chi connectivity index (χ0) is 19.7. The number of halogens is 2. The van der Waals surface area contributed by atoms with Crippen molar-refractivity contribution in [1.82, 2.24) is 10.3 Å². The summed E-state index contributed by atoms with van der Waals surface area (Å²) in [7, 11) is 0. The Morgan fingerprint density at radius 2 is 1.96 bits per heavy atom. The number of thiazole rings is 1. The van der Waals surface area contributed by atoms with E-state index < -0.39 is 11.7 Å². The number of nitrogens with one attached hydrogen (secondary N) is 2. The lowest BCUT2D eigenvalue weighted by Gasteiger charge is -2.16. The van der Waals surface area contributed by atoms with E-state index in [0.29, 0.717) is 29.3 Å². The van der Waals surface area contributed by atoms with E-state index in [1.165, 1.54) is 46.6 Å². The second-order valence-corrected chi connectivity index (χ2v) is 6.90. The van der Waals surface area contributed by atoms with Gasteiger partial charge < -0.3 is 10.6 Å². The van der Waals surface area contributed by atoms with Gasteiger partial charge in [-0.3, -0.25) is 9.69 Å². The number of nitrogens with zero attached hydrogens (tertiary/aromatic N) is 2. The maximum absolute atomic E-state index is 14.2. The third kappa shape index (κ3) is 3.56. The fourth-order valence-electron chi connectivity index (χ4n) is 2.78. The van der Waals surface area contributed by atoms with E-state index in [-0.39, 0.29) is 23.2 Å². The summed E-state index contributed by atoms with van der Waals surface area (Å²) in [5, 5.41) is 7.25. The van der Waals surface area contributed by atoms with E-state index in [0.717, 1.165) is 0 Å². The van der Waals surface area contributed by atoms with Crippen LogP contribution in [-0.4, -0.2) is 30.0 Å². The summed E-state index contributed by atoms with van der Waals surface area (Å²) in [5.74, 6) is -1.56. The Kier molecular flexibility index (Phi) is 4.74. The zero-order valence-corrected chi connectivity index (χ0v) is 15.2. The molecule has 0 radical (unpaired) electrons. The van der Waals surface area contributed by atoms with Crippen molar-refractivity contribution in [1.29, 1.82) is 0 Å². The van der Waals surface area contributed by atoms with Crippen LogP contribution in [0.15, 0.2) is 47.8 Å². The molecule has 28 heavy (non-hydrogen) atoms. The summed E-state index contributed by atoms with van der Waals surface area (Å²) in [6.45, 7) is 0.966. The van der Waals surface area contributed by atoms with Gasteiger partial charge in [0, 0.05) is 29.7 Å². The first-order valence-electron chi connectivity index (χ1n) is 8.39. The minimum absolute atomic E-state index is 0.0430. The van der Waals surface area contributed by atoms with Crippen molar-refractivity contribution < 1.29 is 18.4 Å². The van der Waals surface area contributed by atoms with E-state index >= 15 is 0 Å². The average Bonchev–Trinajstić information content (AvgIpc) is 3.33. The van der Waals surface area contributed by atoms with Gasteiger partial charge in [-0.1, -0.05) is 0 Å². The third-order valence-corrected chi connectivity index (χ3v) is 5.09. The first kappa shape index (κ1) is 18.1. The van der Waals surface area contributed by atoms with Crippen molar-refractivity contribution in [2.45, 2.75) is 0 Å². The van der Waals surface area contributed by atoms with E-state index in [1.807, 2.05) is 0 Å². The molecular weight excluding hydrogens is 386 g/mol. The highest BCUT2D eigenvalue weighted by molar-refractivity contribution is 7.13. The van der Waals surface area contributed by atoms with Gasteiger partial charge >= 0.3 is 6.03 Å². The Bertz CT molecular complexity index is 1050. The number of hydrogen-bond acceptors (Lipinski definition) is 4. The lowest BCUT2D eigenvalue weighted by molar-refractivity contribution is 0.102. The molecule has 6 nitrogen and oxygen atoms in total. The number of aromatic nitrogens is 1. The van der Waals surface area contributed by atoms with Gasteiger partial charge in [0.1, 0.15) is 22.3 Å². The molecule has 2 heterocycles. The summed E-state index contributed by atoms with van der Waals surface area (Å²) in [6.07, 6.45) is 0. The van der Waals surface area contributed by atoms with Crippen LogP contribution >= 0.6 is 11.3 Å². The van der Waals surface area contributed by atoms with Gasteiger partial charge in [-0.2, -0.15) is 0 Å². The van der Waals surface area contributed by atoms with Gasteiger partial charge in [-0.05, 0) is 42.5 Å². The van der Waals surface area contributed by atoms with Crippen molar-refractivity contribution >= 4 is 34.6 Å². The van der Waals surface area contributed by atoms with Gasteiger partial charge in [0.25, 0.3) is 5.91 Å². The molecule has 1 aliphatic heterocycles. The van der Waals surface area contributed by atoms with Crippen molar-refractivity contribution in [3.05, 3.63) is 65.2 Å². The molecule has 1 fully saturated rings. The molecule has 0 saturated carbocycles. The van der Waals surface area contributed by atoms with Crippen molar-refractivity contribution in [3.8, 4) is 10.6 Å². The van der Waals surface area contributed by atoms with Crippen LogP contribution < -0.4 is 15.5 Å². The lowest BCUT2D eigenvalue weighted by atomic mass is 10.2. The molecule has 0 aliphatic carbocycles. The SMILES string of the molecule is O=C(Nc1cc(N2CCNC2=O)ccc1F)c1csc(-c2ccc(F)cc2)n1. The molecule has 0 spiro atoms. The van der Waals surface area contributed by atoms with Gasteiger partial charge in [-0.15, -0.1) is 11.3 Å². The van der Waals surface area contributed by atoms with Crippen LogP contribution in [0.2, 0.25) is 0 Å². The number of urea groups is 1. The summed E-state index contributed by atoms with van der Waals surface area (Å²) in [4.78, 5) is 29.9. The number of rotatable bonds is 4. The van der Waals surface area contributed by atoms with Crippen LogP contribution in [0.4, 0.5) is 25.0 Å². The number of hydrogen-bond donors (Lipinski definition) is 2. The summed E-state index contributed by atoms with van der Waals surface area (Å²) in [5.41, 5.74) is 1.24. The van der Waals surface area contributed by atoms with Crippen molar-refractivity contribution in [3.63, 3.8) is 0 Å². The normalized spacial score (nSPS) is 13.5. The minimum Gasteiger partial charge on any atom is -0.336 e. The van der Waals surface area contributed by atoms with Crippen LogP contribution in [0.1, 0.15) is 10.5 Å². The largest absolute Gasteiger partial charge is 0.336 e. The fraction of sp³-hybridized carbons (Fsp3) is 0.105. The quantitative estimate of drug-likeness (QED) is 0.698. The lowest BCUT2D eigenvalue weighted by Crippen LogP contribution is -2.27. The van der Waals surface area contributed by atoms with Crippen molar-refractivity contribution in [2.75, 3.05) is 23.3 Å². The Balaban J connectivity index is 1.54. The Hall–Kier alpha value is -3.33. The average molecular weight is 400 g/mol. The first-order valence-corrected chi connectivity index (χ1v) is 9.27. The molecule has 2 aromatic carbocycles. The molecule has 142 valence electrons. The molecule has 3 amide bonds. The molecule has 4 rings (SSSR count). The standard InChI is InChI=1S/C19H14F2N4O2S/c20-12-3-1-11(2-4-12)18-24-16(10-28-18)17(26)23-15-9-13(5-6-14(15)21)25-8-7-22-19(25)27/h1-6,9-10H,7-8H2,(H,22,27)(H,23,26). The van der Waals surface area contributed by atoms with Crippen molar-refractivity contribution in [2.24, 2.45) is 0 Å². The summed E-state index contributed by atoms with van der Waals surface area (Å²) >= 11 is 1.23. The molecule has 0 bridgehead atoms. The molecule has 0 atom stereocenters. The van der Waals surface area contributed by atoms with Gasteiger partial charge in [0.15, 0.2) is 0 Å². The van der Waals surface area contributed by atoms with E-state index in [2.05, 4.69) is 15.6 Å². The topological polar surface area (TPSA) is 74.3 Å². The third-order valence-electron chi connectivity index (χ3n) is 4.19. The Morgan fingerprint density at radius 3 is 2.68 bits per heavy atom. The summed E-state index contributed by atoms with van der Waals surface area (Å²) in [6, 6.07) is 9.57. The van der Waals surface area contributed by atoms with E-state index in [1.54, 1.807) is 17.5 Å². The van der Waals surface area contributed by atoms with Crippen LogP contribution in [0, 0.1) is 11.6 Å². The second-order valence-electron chi connectivity index (χ2n) is 6.05. The highest BCUT2D eigenvalue weighted by Gasteiger charge is 2.22. The number of carbonyl (C=O) groups is 2. The van der Waals surface area contributed by atoms with Gasteiger partial charge in [-0.25, -0.2) is 18.6 Å². The highest BCUT2D eigenvalue weighted by Crippen LogP contribution is 2.26. The predicted octanol–water partition coefficient (Wildman–Crippen LogP) is 3.87. The minimum atomic E-state index is -0.620. The smallest absolute Gasteiger partial charge is 0.321 e. The predicted molar refractivity (Wildman–Crippen MR) is 103 cm³/mol.